The Kier molecular flexibility index (Phi) is 7.17. The lowest BCUT2D eigenvalue weighted by Gasteiger charge is -2.29. The van der Waals surface area contributed by atoms with Gasteiger partial charge in [0.05, 0.1) is 10.9 Å². The molecule has 0 amide bonds. The number of carboxylic acid groups (broad SMARTS) is 1. The van der Waals surface area contributed by atoms with Crippen LogP contribution in [0, 0.1) is 17.6 Å². The van der Waals surface area contributed by atoms with Crippen LogP contribution >= 0.6 is 11.6 Å². The Labute approximate surface area is 172 Å². The molecule has 0 unspecified atom stereocenters. The highest BCUT2D eigenvalue weighted by molar-refractivity contribution is 6.35. The van der Waals surface area contributed by atoms with Crippen LogP contribution in [0.15, 0.2) is 47.6 Å². The Balaban J connectivity index is 1.73. The second-order valence-corrected chi connectivity index (χ2v) is 7.29. The second-order valence-electron chi connectivity index (χ2n) is 6.89. The van der Waals surface area contributed by atoms with Gasteiger partial charge in [-0.2, -0.15) is 0 Å². The average molecular weight is 423 g/mol. The quantitative estimate of drug-likeness (QED) is 0.413. The van der Waals surface area contributed by atoms with Gasteiger partial charge in [0.25, 0.3) is 0 Å². The van der Waals surface area contributed by atoms with Gasteiger partial charge in [0, 0.05) is 24.2 Å². The number of aliphatic carboxylic acids is 1. The molecule has 0 aromatic heterocycles. The van der Waals surface area contributed by atoms with Crippen LogP contribution in [0.5, 0.6) is 0 Å². The lowest BCUT2D eigenvalue weighted by atomic mass is 9.98. The van der Waals surface area contributed by atoms with E-state index < -0.39 is 17.6 Å². The molecular weight excluding hydrogens is 402 g/mol. The summed E-state index contributed by atoms with van der Waals surface area (Å²) in [4.78, 5) is 18.6. The number of rotatable bonds is 7. The molecule has 3 rings (SSSR count). The van der Waals surface area contributed by atoms with Crippen molar-refractivity contribution in [2.75, 3.05) is 26.2 Å². The van der Waals surface area contributed by atoms with Crippen molar-refractivity contribution in [2.24, 2.45) is 11.1 Å². The van der Waals surface area contributed by atoms with E-state index in [4.69, 9.17) is 16.4 Å². The SMILES string of the molecule is O=C(O)[C@@H]1CCCN(CCO/N=C(\c2cccc(F)c2)c2ccc(F)cc2Cl)C1. The number of nitrogens with zero attached hydrogens (tertiary/aromatic N) is 2. The molecule has 1 heterocycles. The van der Waals surface area contributed by atoms with Crippen molar-refractivity contribution in [1.29, 1.82) is 0 Å². The maximum Gasteiger partial charge on any atom is 0.307 e. The number of likely N-dealkylation sites (tertiary alicyclic amines) is 1. The summed E-state index contributed by atoms with van der Waals surface area (Å²) in [6, 6.07) is 9.67. The topological polar surface area (TPSA) is 62.1 Å². The fraction of sp³-hybridized carbons (Fsp3) is 0.333. The summed E-state index contributed by atoms with van der Waals surface area (Å²) in [5.41, 5.74) is 1.15. The van der Waals surface area contributed by atoms with E-state index in [1.807, 2.05) is 4.90 Å². The van der Waals surface area contributed by atoms with E-state index in [0.717, 1.165) is 19.0 Å². The van der Waals surface area contributed by atoms with Gasteiger partial charge in [-0.15, -0.1) is 0 Å². The van der Waals surface area contributed by atoms with Crippen LogP contribution in [0.1, 0.15) is 24.0 Å². The molecule has 0 saturated carbocycles. The van der Waals surface area contributed by atoms with Crippen molar-refractivity contribution in [3.05, 3.63) is 70.2 Å². The molecule has 1 fully saturated rings. The standard InChI is InChI=1S/C21H21ClF2N2O3/c22-19-12-17(24)6-7-18(19)20(14-3-1-5-16(23)11-14)25-29-10-9-26-8-2-4-15(13-26)21(27)28/h1,3,5-7,11-12,15H,2,4,8-10,13H2,(H,27,28)/b25-20+/t15-/m1/s1. The maximum atomic E-state index is 13.7. The van der Waals surface area contributed by atoms with Crippen molar-refractivity contribution < 1.29 is 23.5 Å². The molecule has 0 spiro atoms. The van der Waals surface area contributed by atoms with E-state index in [1.54, 1.807) is 6.07 Å². The predicted molar refractivity (Wildman–Crippen MR) is 106 cm³/mol. The first-order valence-electron chi connectivity index (χ1n) is 9.30. The Morgan fingerprint density at radius 3 is 2.76 bits per heavy atom. The fourth-order valence-electron chi connectivity index (χ4n) is 3.31. The molecule has 1 atom stereocenters. The Morgan fingerprint density at radius 1 is 1.24 bits per heavy atom. The first-order chi connectivity index (χ1) is 13.9. The first kappa shape index (κ1) is 21.2. The highest BCUT2D eigenvalue weighted by atomic mass is 35.5. The van der Waals surface area contributed by atoms with E-state index >= 15 is 0 Å². The molecule has 2 aromatic rings. The van der Waals surface area contributed by atoms with E-state index in [9.17, 15) is 18.7 Å². The van der Waals surface area contributed by atoms with Gasteiger partial charge in [0.15, 0.2) is 0 Å². The minimum absolute atomic E-state index is 0.136. The van der Waals surface area contributed by atoms with Gasteiger partial charge >= 0.3 is 5.97 Å². The van der Waals surface area contributed by atoms with Gasteiger partial charge in [-0.25, -0.2) is 8.78 Å². The summed E-state index contributed by atoms with van der Waals surface area (Å²) in [6.07, 6.45) is 1.50. The van der Waals surface area contributed by atoms with Crippen LogP contribution in [0.2, 0.25) is 5.02 Å². The minimum Gasteiger partial charge on any atom is -0.481 e. The lowest BCUT2D eigenvalue weighted by Crippen LogP contribution is -2.40. The summed E-state index contributed by atoms with van der Waals surface area (Å²) < 4.78 is 27.1. The lowest BCUT2D eigenvalue weighted by molar-refractivity contribution is -0.143. The zero-order valence-electron chi connectivity index (χ0n) is 15.7. The smallest absolute Gasteiger partial charge is 0.307 e. The molecule has 0 aliphatic carbocycles. The fourth-order valence-corrected chi connectivity index (χ4v) is 3.57. The summed E-state index contributed by atoms with van der Waals surface area (Å²) in [7, 11) is 0. The Hall–Kier alpha value is -2.51. The number of halogens is 3. The number of oxime groups is 1. The van der Waals surface area contributed by atoms with E-state index in [1.165, 1.54) is 30.3 Å². The molecule has 0 radical (unpaired) electrons. The van der Waals surface area contributed by atoms with Crippen LogP contribution < -0.4 is 0 Å². The second kappa shape index (κ2) is 9.80. The maximum absolute atomic E-state index is 13.7. The van der Waals surface area contributed by atoms with Gasteiger partial charge in [0.2, 0.25) is 0 Å². The van der Waals surface area contributed by atoms with Crippen molar-refractivity contribution >= 4 is 23.3 Å². The van der Waals surface area contributed by atoms with Crippen molar-refractivity contribution in [1.82, 2.24) is 4.90 Å². The zero-order valence-corrected chi connectivity index (χ0v) is 16.4. The van der Waals surface area contributed by atoms with Crippen molar-refractivity contribution in [2.45, 2.75) is 12.8 Å². The van der Waals surface area contributed by atoms with E-state index in [-0.39, 0.29) is 23.3 Å². The third-order valence-electron chi connectivity index (χ3n) is 4.79. The third-order valence-corrected chi connectivity index (χ3v) is 5.11. The van der Waals surface area contributed by atoms with Crippen molar-refractivity contribution in [3.63, 3.8) is 0 Å². The molecule has 0 bridgehead atoms. The molecular formula is C21H21ClF2N2O3. The number of hydrogen-bond acceptors (Lipinski definition) is 4. The number of carboxylic acids is 1. The van der Waals surface area contributed by atoms with Gasteiger partial charge in [0.1, 0.15) is 24.0 Å². The molecule has 1 saturated heterocycles. The molecule has 29 heavy (non-hydrogen) atoms. The zero-order chi connectivity index (χ0) is 20.8. The molecule has 2 aromatic carbocycles. The monoisotopic (exact) mass is 422 g/mol. The summed E-state index contributed by atoms with van der Waals surface area (Å²) >= 11 is 6.16. The highest BCUT2D eigenvalue weighted by Crippen LogP contribution is 2.22. The van der Waals surface area contributed by atoms with E-state index in [0.29, 0.717) is 30.6 Å². The summed E-state index contributed by atoms with van der Waals surface area (Å²) in [5.74, 6) is -2.08. The van der Waals surface area contributed by atoms with Gasteiger partial charge < -0.3 is 9.94 Å². The van der Waals surface area contributed by atoms with Crippen LogP contribution in [-0.2, 0) is 9.63 Å². The summed E-state index contributed by atoms with van der Waals surface area (Å²) in [5, 5.41) is 13.4. The number of benzene rings is 2. The van der Waals surface area contributed by atoms with Crippen LogP contribution in [0.25, 0.3) is 0 Å². The Morgan fingerprint density at radius 2 is 2.03 bits per heavy atom. The van der Waals surface area contributed by atoms with Crippen molar-refractivity contribution in [3.8, 4) is 0 Å². The molecule has 1 aliphatic heterocycles. The van der Waals surface area contributed by atoms with Gasteiger partial charge in [-0.3, -0.25) is 9.69 Å². The van der Waals surface area contributed by atoms with Gasteiger partial charge in [-0.05, 0) is 49.7 Å². The largest absolute Gasteiger partial charge is 0.481 e. The molecule has 1 N–H and O–H groups in total. The van der Waals surface area contributed by atoms with E-state index in [2.05, 4.69) is 5.16 Å². The van der Waals surface area contributed by atoms with Crippen LogP contribution in [0.3, 0.4) is 0 Å². The first-order valence-corrected chi connectivity index (χ1v) is 9.68. The summed E-state index contributed by atoms with van der Waals surface area (Å²) in [6.45, 7) is 2.02. The molecule has 154 valence electrons. The van der Waals surface area contributed by atoms with Gasteiger partial charge in [-0.1, -0.05) is 28.9 Å². The average Bonchev–Trinajstić information content (AvgIpc) is 2.69. The Bertz CT molecular complexity index is 907. The molecule has 8 heteroatoms. The molecule has 5 nitrogen and oxygen atoms in total. The third kappa shape index (κ3) is 5.74. The molecule has 1 aliphatic rings. The van der Waals surface area contributed by atoms with Crippen LogP contribution in [-0.4, -0.2) is 47.9 Å². The predicted octanol–water partition coefficient (Wildman–Crippen LogP) is 4.18. The number of carbonyl (C=O) groups is 1. The normalized spacial score (nSPS) is 17.9. The van der Waals surface area contributed by atoms with Crippen LogP contribution in [0.4, 0.5) is 8.78 Å². The number of hydrogen-bond donors (Lipinski definition) is 1. The number of piperidine rings is 1. The highest BCUT2D eigenvalue weighted by Gasteiger charge is 2.25. The minimum atomic E-state index is -0.784.